The number of carbonyl (C=O) groups is 1. The fourth-order valence-electron chi connectivity index (χ4n) is 2.59. The minimum absolute atomic E-state index is 0.00653. The highest BCUT2D eigenvalue weighted by Crippen LogP contribution is 2.22. The van der Waals surface area contributed by atoms with Gasteiger partial charge in [0.25, 0.3) is 5.91 Å². The normalized spacial score (nSPS) is 19.9. The van der Waals surface area contributed by atoms with Crippen molar-refractivity contribution in [3.05, 3.63) is 23.8 Å². The Bertz CT molecular complexity index is 490. The number of anilines is 1. The molecule has 1 aromatic rings. The van der Waals surface area contributed by atoms with Crippen molar-refractivity contribution in [3.8, 4) is 5.75 Å². The highest BCUT2D eigenvalue weighted by atomic mass is 16.5. The van der Waals surface area contributed by atoms with Crippen molar-refractivity contribution in [2.45, 2.75) is 19.4 Å². The number of methoxy groups -OCH3 is 1. The zero-order chi connectivity index (χ0) is 14.7. The fourth-order valence-corrected chi connectivity index (χ4v) is 2.59. The molecule has 0 spiro atoms. The molecule has 0 saturated carbocycles. The van der Waals surface area contributed by atoms with Crippen LogP contribution in [0.4, 0.5) is 5.69 Å². The van der Waals surface area contributed by atoms with Crippen LogP contribution in [0.3, 0.4) is 0 Å². The molecule has 1 saturated heterocycles. The lowest BCUT2D eigenvalue weighted by Crippen LogP contribution is -2.53. The van der Waals surface area contributed by atoms with Crippen LogP contribution in [0, 0.1) is 0 Å². The first-order valence-electron chi connectivity index (χ1n) is 6.99. The van der Waals surface area contributed by atoms with E-state index in [-0.39, 0.29) is 5.91 Å². The van der Waals surface area contributed by atoms with Gasteiger partial charge in [-0.25, -0.2) is 0 Å². The summed E-state index contributed by atoms with van der Waals surface area (Å²) in [5.74, 6) is 0.650. The van der Waals surface area contributed by atoms with Gasteiger partial charge in [-0.2, -0.15) is 0 Å². The van der Waals surface area contributed by atoms with Gasteiger partial charge in [0.1, 0.15) is 5.75 Å². The van der Waals surface area contributed by atoms with E-state index in [0.29, 0.717) is 23.0 Å². The van der Waals surface area contributed by atoms with Crippen molar-refractivity contribution in [2.24, 2.45) is 0 Å². The number of rotatable bonds is 3. The van der Waals surface area contributed by atoms with Crippen molar-refractivity contribution < 1.29 is 9.53 Å². The predicted molar refractivity (Wildman–Crippen MR) is 80.0 cm³/mol. The van der Waals surface area contributed by atoms with Crippen LogP contribution < -0.4 is 10.5 Å². The number of benzene rings is 1. The maximum Gasteiger partial charge on any atom is 0.256 e. The lowest BCUT2D eigenvalue weighted by atomic mass is 10.1. The second kappa shape index (κ2) is 6.13. The molecule has 2 N–H and O–H groups in total. The maximum absolute atomic E-state index is 12.6. The molecule has 2 rings (SSSR count). The van der Waals surface area contributed by atoms with E-state index >= 15 is 0 Å². The monoisotopic (exact) mass is 277 g/mol. The van der Waals surface area contributed by atoms with Crippen LogP contribution >= 0.6 is 0 Å². The second-order valence-corrected chi connectivity index (χ2v) is 5.25. The Morgan fingerprint density at radius 3 is 2.85 bits per heavy atom. The number of carbonyl (C=O) groups excluding carboxylic acids is 1. The lowest BCUT2D eigenvalue weighted by Gasteiger charge is -2.39. The summed E-state index contributed by atoms with van der Waals surface area (Å²) >= 11 is 0. The summed E-state index contributed by atoms with van der Waals surface area (Å²) < 4.78 is 5.17. The van der Waals surface area contributed by atoms with Crippen molar-refractivity contribution in [3.63, 3.8) is 0 Å². The molecule has 5 heteroatoms. The summed E-state index contributed by atoms with van der Waals surface area (Å²) in [7, 11) is 3.69. The van der Waals surface area contributed by atoms with E-state index in [9.17, 15) is 4.79 Å². The van der Waals surface area contributed by atoms with E-state index in [1.165, 1.54) is 0 Å². The zero-order valence-electron chi connectivity index (χ0n) is 12.4. The van der Waals surface area contributed by atoms with Crippen LogP contribution in [0.2, 0.25) is 0 Å². The van der Waals surface area contributed by atoms with Crippen LogP contribution in [0.5, 0.6) is 5.75 Å². The van der Waals surface area contributed by atoms with Gasteiger partial charge >= 0.3 is 0 Å². The number of ether oxygens (including phenoxy) is 1. The molecular weight excluding hydrogens is 254 g/mol. The molecule has 0 aliphatic carbocycles. The largest absolute Gasteiger partial charge is 0.497 e. The molecule has 0 bridgehead atoms. The highest BCUT2D eigenvalue weighted by molar-refractivity contribution is 5.99. The highest BCUT2D eigenvalue weighted by Gasteiger charge is 2.27. The fraction of sp³-hybridized carbons (Fsp3) is 0.533. The van der Waals surface area contributed by atoms with Crippen molar-refractivity contribution >= 4 is 11.6 Å². The molecule has 20 heavy (non-hydrogen) atoms. The van der Waals surface area contributed by atoms with Gasteiger partial charge in [0.05, 0.1) is 12.7 Å². The first-order valence-corrected chi connectivity index (χ1v) is 6.99. The molecule has 1 unspecified atom stereocenters. The summed E-state index contributed by atoms with van der Waals surface area (Å²) in [5.41, 5.74) is 6.97. The van der Waals surface area contributed by atoms with Crippen molar-refractivity contribution in [2.75, 3.05) is 39.5 Å². The SMILES string of the molecule is CCC1CN(C(=O)c2cc(OC)ccc2N)CCN1C. The molecule has 1 aliphatic rings. The third-order valence-electron chi connectivity index (χ3n) is 4.03. The molecule has 1 amide bonds. The minimum atomic E-state index is -0.00653. The van der Waals surface area contributed by atoms with Gasteiger partial charge < -0.3 is 15.4 Å². The number of piperazine rings is 1. The smallest absolute Gasteiger partial charge is 0.256 e. The number of nitrogens with zero attached hydrogens (tertiary/aromatic N) is 2. The quantitative estimate of drug-likeness (QED) is 0.849. The molecule has 110 valence electrons. The summed E-state index contributed by atoms with van der Waals surface area (Å²) in [6, 6.07) is 5.63. The van der Waals surface area contributed by atoms with Gasteiger partial charge in [-0.3, -0.25) is 9.69 Å². The summed E-state index contributed by atoms with van der Waals surface area (Å²) in [5, 5.41) is 0. The molecule has 5 nitrogen and oxygen atoms in total. The standard InChI is InChI=1S/C15H23N3O2/c1-4-11-10-18(8-7-17(11)2)15(19)13-9-12(20-3)5-6-14(13)16/h5-6,9,11H,4,7-8,10,16H2,1-3H3. The number of likely N-dealkylation sites (N-methyl/N-ethyl adjacent to an activating group) is 1. The van der Waals surface area contributed by atoms with Gasteiger partial charge in [-0.15, -0.1) is 0 Å². The Hall–Kier alpha value is -1.75. The van der Waals surface area contributed by atoms with E-state index in [0.717, 1.165) is 26.1 Å². The molecule has 1 atom stereocenters. The van der Waals surface area contributed by atoms with E-state index < -0.39 is 0 Å². The Morgan fingerprint density at radius 2 is 2.20 bits per heavy atom. The third-order valence-corrected chi connectivity index (χ3v) is 4.03. The average molecular weight is 277 g/mol. The number of hydrogen-bond acceptors (Lipinski definition) is 4. The number of nitrogen functional groups attached to an aromatic ring is 1. The Balaban J connectivity index is 2.19. The molecule has 0 aromatic heterocycles. The summed E-state index contributed by atoms with van der Waals surface area (Å²) in [6.07, 6.45) is 1.04. The number of amides is 1. The predicted octanol–water partition coefficient (Wildman–Crippen LogP) is 1.44. The number of nitrogens with two attached hydrogens (primary N) is 1. The number of hydrogen-bond donors (Lipinski definition) is 1. The Labute approximate surface area is 120 Å². The average Bonchev–Trinajstić information content (AvgIpc) is 2.47. The van der Waals surface area contributed by atoms with Gasteiger partial charge in [0.2, 0.25) is 0 Å². The van der Waals surface area contributed by atoms with E-state index in [1.807, 2.05) is 4.90 Å². The maximum atomic E-state index is 12.6. The molecule has 1 heterocycles. The Kier molecular flexibility index (Phi) is 4.49. The van der Waals surface area contributed by atoms with Crippen LogP contribution in [-0.4, -0.2) is 55.5 Å². The first-order chi connectivity index (χ1) is 9.56. The summed E-state index contributed by atoms with van der Waals surface area (Å²) in [4.78, 5) is 16.8. The Morgan fingerprint density at radius 1 is 1.45 bits per heavy atom. The van der Waals surface area contributed by atoms with Crippen molar-refractivity contribution in [1.82, 2.24) is 9.80 Å². The third kappa shape index (κ3) is 2.88. The summed E-state index contributed by atoms with van der Waals surface area (Å²) in [6.45, 7) is 4.54. The van der Waals surface area contributed by atoms with Gasteiger partial charge in [0, 0.05) is 31.4 Å². The zero-order valence-corrected chi connectivity index (χ0v) is 12.4. The molecule has 1 aromatic carbocycles. The molecule has 0 radical (unpaired) electrons. The van der Waals surface area contributed by atoms with Crippen LogP contribution in [0.15, 0.2) is 18.2 Å². The minimum Gasteiger partial charge on any atom is -0.497 e. The van der Waals surface area contributed by atoms with Gasteiger partial charge in [0.15, 0.2) is 0 Å². The van der Waals surface area contributed by atoms with Crippen LogP contribution in [0.1, 0.15) is 23.7 Å². The molecule has 1 fully saturated rings. The first kappa shape index (κ1) is 14.7. The van der Waals surface area contributed by atoms with E-state index in [2.05, 4.69) is 18.9 Å². The molecular formula is C15H23N3O2. The van der Waals surface area contributed by atoms with Gasteiger partial charge in [-0.05, 0) is 31.7 Å². The van der Waals surface area contributed by atoms with E-state index in [1.54, 1.807) is 25.3 Å². The van der Waals surface area contributed by atoms with Crippen LogP contribution in [0.25, 0.3) is 0 Å². The van der Waals surface area contributed by atoms with Gasteiger partial charge in [-0.1, -0.05) is 6.92 Å². The second-order valence-electron chi connectivity index (χ2n) is 5.25. The van der Waals surface area contributed by atoms with Crippen molar-refractivity contribution in [1.29, 1.82) is 0 Å². The lowest BCUT2D eigenvalue weighted by molar-refractivity contribution is 0.0542. The topological polar surface area (TPSA) is 58.8 Å². The molecule has 1 aliphatic heterocycles. The van der Waals surface area contributed by atoms with E-state index in [4.69, 9.17) is 10.5 Å². The van der Waals surface area contributed by atoms with Crippen LogP contribution in [-0.2, 0) is 0 Å².